The summed E-state index contributed by atoms with van der Waals surface area (Å²) in [6, 6.07) is 8.83. The summed E-state index contributed by atoms with van der Waals surface area (Å²) < 4.78 is 0. The molecule has 0 fully saturated rings. The average molecular weight is 261 g/mol. The molecule has 1 aliphatic carbocycles. The molecule has 0 radical (unpaired) electrons. The van der Waals surface area contributed by atoms with Crippen LogP contribution in [0.5, 0.6) is 0 Å². The number of nitrogens with zero attached hydrogens (tertiary/aromatic N) is 2. The first kappa shape index (κ1) is 14.5. The number of hydrogen-bond acceptors (Lipinski definition) is 3. The fraction of sp³-hybridized carbons (Fsp3) is 0.625. The first-order valence-electron chi connectivity index (χ1n) is 7.24. The molecular weight excluding hydrogens is 234 g/mol. The Balaban J connectivity index is 2.28. The highest BCUT2D eigenvalue weighted by Crippen LogP contribution is 2.38. The summed E-state index contributed by atoms with van der Waals surface area (Å²) in [5, 5.41) is 0. The zero-order valence-corrected chi connectivity index (χ0v) is 12.5. The van der Waals surface area contributed by atoms with Gasteiger partial charge >= 0.3 is 0 Å². The van der Waals surface area contributed by atoms with E-state index in [4.69, 9.17) is 5.73 Å². The van der Waals surface area contributed by atoms with Crippen LogP contribution in [0.2, 0.25) is 0 Å². The fourth-order valence-electron chi connectivity index (χ4n) is 3.23. The Kier molecular flexibility index (Phi) is 4.61. The molecule has 19 heavy (non-hydrogen) atoms. The highest BCUT2D eigenvalue weighted by Gasteiger charge is 2.38. The Morgan fingerprint density at radius 1 is 1.16 bits per heavy atom. The molecule has 0 aromatic heterocycles. The summed E-state index contributed by atoms with van der Waals surface area (Å²) in [6.45, 7) is 2.83. The third-order valence-corrected chi connectivity index (χ3v) is 4.51. The van der Waals surface area contributed by atoms with E-state index < -0.39 is 0 Å². The summed E-state index contributed by atoms with van der Waals surface area (Å²) in [4.78, 5) is 4.69. The van der Waals surface area contributed by atoms with E-state index in [2.05, 4.69) is 55.2 Å². The van der Waals surface area contributed by atoms with Gasteiger partial charge in [-0.25, -0.2) is 0 Å². The van der Waals surface area contributed by atoms with Crippen molar-refractivity contribution in [3.8, 4) is 0 Å². The number of aryl methyl sites for hydroxylation is 1. The molecule has 0 spiro atoms. The molecule has 3 heteroatoms. The fourth-order valence-corrected chi connectivity index (χ4v) is 3.23. The largest absolute Gasteiger partial charge is 0.328 e. The van der Waals surface area contributed by atoms with Gasteiger partial charge in [0.1, 0.15) is 0 Å². The van der Waals surface area contributed by atoms with Gasteiger partial charge in [0.05, 0.1) is 5.54 Å². The Hall–Kier alpha value is -0.900. The molecule has 1 aromatic carbocycles. The van der Waals surface area contributed by atoms with Gasteiger partial charge < -0.3 is 10.6 Å². The van der Waals surface area contributed by atoms with Crippen LogP contribution in [0, 0.1) is 0 Å². The lowest BCUT2D eigenvalue weighted by Crippen LogP contribution is -2.52. The summed E-state index contributed by atoms with van der Waals surface area (Å²) in [6.07, 6.45) is 3.60. The molecule has 1 unspecified atom stereocenters. The van der Waals surface area contributed by atoms with E-state index in [-0.39, 0.29) is 5.54 Å². The maximum absolute atomic E-state index is 6.21. The number of hydrogen-bond donors (Lipinski definition) is 1. The van der Waals surface area contributed by atoms with E-state index in [1.807, 2.05) is 0 Å². The van der Waals surface area contributed by atoms with Crippen LogP contribution in [0.4, 0.5) is 0 Å². The van der Waals surface area contributed by atoms with E-state index in [1.54, 1.807) is 0 Å². The number of nitrogens with two attached hydrogens (primary N) is 1. The van der Waals surface area contributed by atoms with Crippen molar-refractivity contribution in [2.24, 2.45) is 5.73 Å². The minimum atomic E-state index is 0.0326. The van der Waals surface area contributed by atoms with Crippen LogP contribution in [0.3, 0.4) is 0 Å². The molecule has 1 aromatic rings. The van der Waals surface area contributed by atoms with Gasteiger partial charge in [-0.15, -0.1) is 0 Å². The molecule has 1 atom stereocenters. The van der Waals surface area contributed by atoms with Crippen molar-refractivity contribution in [1.29, 1.82) is 0 Å². The van der Waals surface area contributed by atoms with Crippen LogP contribution in [0.25, 0.3) is 0 Å². The van der Waals surface area contributed by atoms with Gasteiger partial charge in [-0.3, -0.25) is 4.90 Å². The molecule has 106 valence electrons. The standard InChI is InChI=1S/C16H27N3/c1-18(2)11-12-19(3)16(13-17)10-6-8-14-7-4-5-9-15(14)16/h4-5,7,9H,6,8,10-13,17H2,1-3H3. The molecule has 0 saturated carbocycles. The first-order valence-corrected chi connectivity index (χ1v) is 7.24. The Bertz CT molecular complexity index is 416. The van der Waals surface area contributed by atoms with Gasteiger partial charge in [0, 0.05) is 19.6 Å². The van der Waals surface area contributed by atoms with Crippen molar-refractivity contribution in [3.05, 3.63) is 35.4 Å². The molecule has 3 nitrogen and oxygen atoms in total. The molecule has 0 saturated heterocycles. The van der Waals surface area contributed by atoms with Gasteiger partial charge in [-0.2, -0.15) is 0 Å². The van der Waals surface area contributed by atoms with Gasteiger partial charge in [0.25, 0.3) is 0 Å². The topological polar surface area (TPSA) is 32.5 Å². The van der Waals surface area contributed by atoms with Gasteiger partial charge in [0.2, 0.25) is 0 Å². The Morgan fingerprint density at radius 2 is 1.89 bits per heavy atom. The second-order valence-corrected chi connectivity index (χ2v) is 5.97. The van der Waals surface area contributed by atoms with Crippen molar-refractivity contribution in [3.63, 3.8) is 0 Å². The average Bonchev–Trinajstić information content (AvgIpc) is 2.44. The van der Waals surface area contributed by atoms with Crippen LogP contribution >= 0.6 is 0 Å². The van der Waals surface area contributed by atoms with Crippen LogP contribution in [0.15, 0.2) is 24.3 Å². The van der Waals surface area contributed by atoms with Crippen molar-refractivity contribution in [2.75, 3.05) is 40.8 Å². The van der Waals surface area contributed by atoms with Gasteiger partial charge in [-0.1, -0.05) is 24.3 Å². The van der Waals surface area contributed by atoms with E-state index in [0.717, 1.165) is 13.1 Å². The Labute approximate surface area is 117 Å². The quantitative estimate of drug-likeness (QED) is 0.875. The molecule has 2 rings (SSSR count). The predicted molar refractivity (Wildman–Crippen MR) is 81.3 cm³/mol. The normalized spacial score (nSPS) is 22.8. The molecule has 2 N–H and O–H groups in total. The molecule has 0 heterocycles. The van der Waals surface area contributed by atoms with Gasteiger partial charge in [0.15, 0.2) is 0 Å². The number of rotatable bonds is 5. The predicted octanol–water partition coefficient (Wildman–Crippen LogP) is 1.67. The zero-order valence-electron chi connectivity index (χ0n) is 12.5. The molecule has 0 aliphatic heterocycles. The molecule has 0 amide bonds. The van der Waals surface area contributed by atoms with E-state index >= 15 is 0 Å². The molecular formula is C16H27N3. The maximum atomic E-state index is 6.21. The number of fused-ring (bicyclic) bond motifs is 1. The lowest BCUT2D eigenvalue weighted by atomic mass is 9.75. The lowest BCUT2D eigenvalue weighted by Gasteiger charge is -2.45. The van der Waals surface area contributed by atoms with Crippen LogP contribution < -0.4 is 5.73 Å². The number of benzene rings is 1. The minimum Gasteiger partial charge on any atom is -0.328 e. The molecule has 0 bridgehead atoms. The van der Waals surface area contributed by atoms with Crippen LogP contribution in [0.1, 0.15) is 24.0 Å². The highest BCUT2D eigenvalue weighted by atomic mass is 15.2. The summed E-state index contributed by atoms with van der Waals surface area (Å²) in [7, 11) is 6.47. The second kappa shape index (κ2) is 6.04. The van der Waals surface area contributed by atoms with Crippen molar-refractivity contribution in [2.45, 2.75) is 24.8 Å². The third kappa shape index (κ3) is 2.83. The second-order valence-electron chi connectivity index (χ2n) is 5.97. The number of likely N-dealkylation sites (N-methyl/N-ethyl adjacent to an activating group) is 2. The molecule has 1 aliphatic rings. The monoisotopic (exact) mass is 261 g/mol. The summed E-state index contributed by atoms with van der Waals surface area (Å²) >= 11 is 0. The lowest BCUT2D eigenvalue weighted by molar-refractivity contribution is 0.0956. The highest BCUT2D eigenvalue weighted by molar-refractivity contribution is 5.36. The van der Waals surface area contributed by atoms with Crippen molar-refractivity contribution < 1.29 is 0 Å². The third-order valence-electron chi connectivity index (χ3n) is 4.51. The maximum Gasteiger partial charge on any atom is 0.0584 e. The zero-order chi connectivity index (χ0) is 13.9. The van der Waals surface area contributed by atoms with Gasteiger partial charge in [-0.05, 0) is 51.5 Å². The van der Waals surface area contributed by atoms with Crippen LogP contribution in [-0.2, 0) is 12.0 Å². The van der Waals surface area contributed by atoms with E-state index in [9.17, 15) is 0 Å². The Morgan fingerprint density at radius 3 is 2.58 bits per heavy atom. The summed E-state index contributed by atoms with van der Waals surface area (Å²) in [5.41, 5.74) is 9.17. The first-order chi connectivity index (χ1) is 9.10. The summed E-state index contributed by atoms with van der Waals surface area (Å²) in [5.74, 6) is 0. The van der Waals surface area contributed by atoms with E-state index in [1.165, 1.54) is 30.4 Å². The minimum absolute atomic E-state index is 0.0326. The smallest absolute Gasteiger partial charge is 0.0584 e. The van der Waals surface area contributed by atoms with Crippen molar-refractivity contribution >= 4 is 0 Å². The SMILES string of the molecule is CN(C)CCN(C)C1(CN)CCCc2ccccc21. The van der Waals surface area contributed by atoms with Crippen LogP contribution in [-0.4, -0.2) is 50.6 Å². The van der Waals surface area contributed by atoms with E-state index in [0.29, 0.717) is 6.54 Å². The van der Waals surface area contributed by atoms with Crippen molar-refractivity contribution in [1.82, 2.24) is 9.80 Å².